The van der Waals surface area contributed by atoms with Crippen molar-refractivity contribution in [2.45, 2.75) is 40.0 Å². The zero-order valence-electron chi connectivity index (χ0n) is 19.7. The molecular formula is C24H37N5O2S. The minimum absolute atomic E-state index is 0.613. The van der Waals surface area contributed by atoms with Crippen molar-refractivity contribution in [1.82, 2.24) is 9.88 Å². The van der Waals surface area contributed by atoms with Gasteiger partial charge >= 0.3 is 0 Å². The molecule has 1 fully saturated rings. The molecule has 1 N–H and O–H groups in total. The van der Waals surface area contributed by atoms with Crippen LogP contribution in [-0.4, -0.2) is 68.6 Å². The smallest absolute Gasteiger partial charge is 0.215 e. The highest BCUT2D eigenvalue weighted by Gasteiger charge is 2.12. The van der Waals surface area contributed by atoms with E-state index < -0.39 is 0 Å². The Kier molecular flexibility index (Phi) is 10.3. The van der Waals surface area contributed by atoms with Gasteiger partial charge < -0.3 is 14.4 Å². The number of ether oxygens (including phenoxy) is 2. The number of pyridine rings is 1. The van der Waals surface area contributed by atoms with Crippen LogP contribution < -0.4 is 15.1 Å². The SMILES string of the molecule is CCCN(CCC)c1cc(/C=N/Nc2ccc(CC)s2)nc(OCCN2CCOCC2)c1. The maximum Gasteiger partial charge on any atom is 0.215 e. The first-order chi connectivity index (χ1) is 15.7. The lowest BCUT2D eigenvalue weighted by molar-refractivity contribution is 0.0320. The second kappa shape index (κ2) is 13.4. The monoisotopic (exact) mass is 459 g/mol. The molecule has 3 heterocycles. The van der Waals surface area contributed by atoms with Gasteiger partial charge in [-0.05, 0) is 37.5 Å². The first-order valence-corrected chi connectivity index (χ1v) is 12.6. The first-order valence-electron chi connectivity index (χ1n) is 11.8. The lowest BCUT2D eigenvalue weighted by Gasteiger charge is -2.26. The van der Waals surface area contributed by atoms with Crippen LogP contribution in [0.25, 0.3) is 0 Å². The van der Waals surface area contributed by atoms with Gasteiger partial charge in [0.25, 0.3) is 0 Å². The molecular weight excluding hydrogens is 422 g/mol. The average Bonchev–Trinajstić information content (AvgIpc) is 3.28. The lowest BCUT2D eigenvalue weighted by atomic mass is 10.2. The second-order valence-corrected chi connectivity index (χ2v) is 9.04. The number of hydrazone groups is 1. The second-order valence-electron chi connectivity index (χ2n) is 7.87. The van der Waals surface area contributed by atoms with E-state index in [-0.39, 0.29) is 0 Å². The van der Waals surface area contributed by atoms with E-state index in [0.29, 0.717) is 12.5 Å². The van der Waals surface area contributed by atoms with Crippen molar-refractivity contribution in [1.29, 1.82) is 0 Å². The third kappa shape index (κ3) is 7.76. The largest absolute Gasteiger partial charge is 0.476 e. The predicted octanol–water partition coefficient (Wildman–Crippen LogP) is 4.49. The number of hydrogen-bond donors (Lipinski definition) is 1. The minimum Gasteiger partial charge on any atom is -0.476 e. The highest BCUT2D eigenvalue weighted by molar-refractivity contribution is 7.16. The van der Waals surface area contributed by atoms with E-state index in [9.17, 15) is 0 Å². The van der Waals surface area contributed by atoms with Crippen LogP contribution in [0, 0.1) is 0 Å². The normalized spacial score (nSPS) is 14.7. The molecule has 0 saturated carbocycles. The number of hydrogen-bond acceptors (Lipinski definition) is 8. The van der Waals surface area contributed by atoms with Crippen LogP contribution in [-0.2, 0) is 11.2 Å². The quantitative estimate of drug-likeness (QED) is 0.352. The summed E-state index contributed by atoms with van der Waals surface area (Å²) < 4.78 is 11.5. The van der Waals surface area contributed by atoms with Crippen molar-refractivity contribution in [3.8, 4) is 5.88 Å². The highest BCUT2D eigenvalue weighted by Crippen LogP contribution is 2.23. The van der Waals surface area contributed by atoms with E-state index in [1.165, 1.54) is 4.88 Å². The van der Waals surface area contributed by atoms with Crippen LogP contribution in [0.1, 0.15) is 44.2 Å². The zero-order chi connectivity index (χ0) is 22.6. The standard InChI is InChI=1S/C24H37N5O2S/c1-4-9-29(10-5-2)21-17-20(19-25-27-24-8-7-22(6-3)32-24)26-23(18-21)31-16-13-28-11-14-30-15-12-28/h7-8,17-19,27H,4-6,9-16H2,1-3H3/b25-19+. The Morgan fingerprint density at radius 2 is 1.97 bits per heavy atom. The molecule has 0 amide bonds. The number of thiophene rings is 1. The van der Waals surface area contributed by atoms with Gasteiger partial charge in [0.05, 0.1) is 25.1 Å². The number of nitrogens with one attached hydrogen (secondary N) is 1. The third-order valence-corrected chi connectivity index (χ3v) is 6.44. The van der Waals surface area contributed by atoms with Crippen molar-refractivity contribution in [2.24, 2.45) is 5.10 Å². The topological polar surface area (TPSA) is 62.2 Å². The van der Waals surface area contributed by atoms with Gasteiger partial charge in [-0.2, -0.15) is 5.10 Å². The van der Waals surface area contributed by atoms with E-state index in [4.69, 9.17) is 14.5 Å². The molecule has 0 spiro atoms. The van der Waals surface area contributed by atoms with Crippen molar-refractivity contribution in [2.75, 3.05) is 62.9 Å². The Hall–Kier alpha value is -2.16. The average molecular weight is 460 g/mol. The molecule has 2 aromatic heterocycles. The molecule has 8 heteroatoms. The summed E-state index contributed by atoms with van der Waals surface area (Å²) >= 11 is 1.73. The Morgan fingerprint density at radius 1 is 1.19 bits per heavy atom. The summed E-state index contributed by atoms with van der Waals surface area (Å²) in [4.78, 5) is 10.8. The van der Waals surface area contributed by atoms with Gasteiger partial charge in [-0.15, -0.1) is 11.3 Å². The predicted molar refractivity (Wildman–Crippen MR) is 135 cm³/mol. The summed E-state index contributed by atoms with van der Waals surface area (Å²) in [5.74, 6) is 0.652. The molecule has 0 aromatic carbocycles. The molecule has 0 radical (unpaired) electrons. The van der Waals surface area contributed by atoms with Crippen LogP contribution >= 0.6 is 11.3 Å². The van der Waals surface area contributed by atoms with Gasteiger partial charge in [0.1, 0.15) is 11.6 Å². The van der Waals surface area contributed by atoms with Crippen LogP contribution in [0.4, 0.5) is 10.7 Å². The van der Waals surface area contributed by atoms with Crippen molar-refractivity contribution >= 4 is 28.2 Å². The molecule has 1 saturated heterocycles. The molecule has 0 unspecified atom stereocenters. The van der Waals surface area contributed by atoms with E-state index in [0.717, 1.165) is 81.6 Å². The van der Waals surface area contributed by atoms with Crippen LogP contribution in [0.2, 0.25) is 0 Å². The van der Waals surface area contributed by atoms with E-state index in [1.54, 1.807) is 17.6 Å². The Bertz CT molecular complexity index is 830. The van der Waals surface area contributed by atoms with E-state index in [1.807, 2.05) is 0 Å². The molecule has 0 atom stereocenters. The number of aryl methyl sites for hydroxylation is 1. The molecule has 1 aliphatic rings. The first kappa shape index (κ1) is 24.5. The summed E-state index contributed by atoms with van der Waals surface area (Å²) in [5, 5.41) is 5.46. The zero-order valence-corrected chi connectivity index (χ0v) is 20.5. The third-order valence-electron chi connectivity index (χ3n) is 5.30. The fourth-order valence-electron chi connectivity index (χ4n) is 3.64. The maximum absolute atomic E-state index is 6.08. The lowest BCUT2D eigenvalue weighted by Crippen LogP contribution is -2.38. The number of aromatic nitrogens is 1. The molecule has 7 nitrogen and oxygen atoms in total. The van der Waals surface area contributed by atoms with Gasteiger partial charge in [-0.25, -0.2) is 4.98 Å². The van der Waals surface area contributed by atoms with Gasteiger partial charge in [0.15, 0.2) is 0 Å². The van der Waals surface area contributed by atoms with Crippen LogP contribution in [0.3, 0.4) is 0 Å². The summed E-state index contributed by atoms with van der Waals surface area (Å²) in [5.41, 5.74) is 5.06. The molecule has 0 bridgehead atoms. The molecule has 176 valence electrons. The van der Waals surface area contributed by atoms with Crippen LogP contribution in [0.5, 0.6) is 5.88 Å². The van der Waals surface area contributed by atoms with Crippen molar-refractivity contribution in [3.63, 3.8) is 0 Å². The Morgan fingerprint density at radius 3 is 2.66 bits per heavy atom. The number of nitrogens with zero attached hydrogens (tertiary/aromatic N) is 4. The highest BCUT2D eigenvalue weighted by atomic mass is 32.1. The van der Waals surface area contributed by atoms with E-state index >= 15 is 0 Å². The van der Waals surface area contributed by atoms with Gasteiger partial charge in [-0.3, -0.25) is 10.3 Å². The Balaban J connectivity index is 1.70. The molecule has 3 rings (SSSR count). The molecule has 0 aliphatic carbocycles. The maximum atomic E-state index is 6.08. The molecule has 1 aliphatic heterocycles. The summed E-state index contributed by atoms with van der Waals surface area (Å²) in [7, 11) is 0. The Labute approximate surface area is 196 Å². The fraction of sp³-hybridized carbons (Fsp3) is 0.583. The fourth-order valence-corrected chi connectivity index (χ4v) is 4.44. The minimum atomic E-state index is 0.613. The number of anilines is 2. The van der Waals surface area contributed by atoms with Crippen molar-refractivity contribution < 1.29 is 9.47 Å². The summed E-state index contributed by atoms with van der Waals surface area (Å²) in [6.07, 6.45) is 5.01. The van der Waals surface area contributed by atoms with Crippen molar-refractivity contribution in [3.05, 3.63) is 34.8 Å². The molecule has 32 heavy (non-hydrogen) atoms. The number of rotatable bonds is 13. The molecule has 2 aromatic rings. The summed E-state index contributed by atoms with van der Waals surface area (Å²) in [6, 6.07) is 8.35. The van der Waals surface area contributed by atoms with Gasteiger partial charge in [-0.1, -0.05) is 20.8 Å². The van der Waals surface area contributed by atoms with Gasteiger partial charge in [0, 0.05) is 49.4 Å². The number of morpholine rings is 1. The van der Waals surface area contributed by atoms with Crippen LogP contribution in [0.15, 0.2) is 29.4 Å². The summed E-state index contributed by atoms with van der Waals surface area (Å²) in [6.45, 7) is 13.6. The van der Waals surface area contributed by atoms with E-state index in [2.05, 4.69) is 65.4 Å². The van der Waals surface area contributed by atoms with Gasteiger partial charge in [0.2, 0.25) is 5.88 Å².